The van der Waals surface area contributed by atoms with Gasteiger partial charge in [-0.1, -0.05) is 18.2 Å². The topological polar surface area (TPSA) is 54.0 Å². The van der Waals surface area contributed by atoms with Gasteiger partial charge in [-0.15, -0.1) is 13.2 Å². The highest BCUT2D eigenvalue weighted by molar-refractivity contribution is 5.94. The lowest BCUT2D eigenvalue weighted by molar-refractivity contribution is -0.274. The van der Waals surface area contributed by atoms with Crippen molar-refractivity contribution in [2.75, 3.05) is 43.6 Å². The maximum absolute atomic E-state index is 12.7. The van der Waals surface area contributed by atoms with Crippen molar-refractivity contribution in [3.05, 3.63) is 54.1 Å². The van der Waals surface area contributed by atoms with Gasteiger partial charge in [-0.05, 0) is 49.9 Å². The number of ether oxygens (including phenoxy) is 2. The molecule has 1 aliphatic rings. The number of para-hydroxylation sites is 1. The Balaban J connectivity index is 1.60. The third-order valence-corrected chi connectivity index (χ3v) is 5.16. The Hall–Kier alpha value is -2.78. The van der Waals surface area contributed by atoms with Crippen molar-refractivity contribution in [2.24, 2.45) is 0 Å². The molecule has 9 heteroatoms. The van der Waals surface area contributed by atoms with Crippen LogP contribution in [0.25, 0.3) is 0 Å². The molecule has 1 aliphatic heterocycles. The molecule has 6 nitrogen and oxygen atoms in total. The number of benzene rings is 2. The molecule has 1 fully saturated rings. The van der Waals surface area contributed by atoms with Gasteiger partial charge in [0.05, 0.1) is 19.3 Å². The minimum Gasteiger partial charge on any atom is -0.406 e. The van der Waals surface area contributed by atoms with E-state index < -0.39 is 12.4 Å². The summed E-state index contributed by atoms with van der Waals surface area (Å²) < 4.78 is 46.1. The molecule has 0 bridgehead atoms. The highest BCUT2D eigenvalue weighted by Gasteiger charge is 2.31. The van der Waals surface area contributed by atoms with Gasteiger partial charge in [0.25, 0.3) is 0 Å². The van der Waals surface area contributed by atoms with E-state index in [0.717, 1.165) is 36.5 Å². The van der Waals surface area contributed by atoms with Crippen LogP contribution >= 0.6 is 0 Å². The van der Waals surface area contributed by atoms with Gasteiger partial charge in [0.15, 0.2) is 0 Å². The van der Waals surface area contributed by atoms with Crippen LogP contribution in [-0.2, 0) is 16.1 Å². The van der Waals surface area contributed by atoms with Gasteiger partial charge in [0.2, 0.25) is 5.91 Å². The van der Waals surface area contributed by atoms with Crippen LogP contribution in [0.1, 0.15) is 12.5 Å². The predicted octanol–water partition coefficient (Wildman–Crippen LogP) is 3.88. The number of halogens is 3. The van der Waals surface area contributed by atoms with Gasteiger partial charge < -0.3 is 19.7 Å². The van der Waals surface area contributed by atoms with Crippen LogP contribution in [0.15, 0.2) is 48.5 Å². The monoisotopic (exact) mass is 437 g/mol. The minimum absolute atomic E-state index is 0.254. The molecule has 1 amide bonds. The number of anilines is 2. The first-order valence-electron chi connectivity index (χ1n) is 10.0. The molecule has 3 rings (SSSR count). The summed E-state index contributed by atoms with van der Waals surface area (Å²) in [6.45, 7) is 5.38. The largest absolute Gasteiger partial charge is 0.573 e. The number of alkyl halides is 3. The maximum Gasteiger partial charge on any atom is 0.573 e. The molecule has 1 atom stereocenters. The summed E-state index contributed by atoms with van der Waals surface area (Å²) in [4.78, 5) is 16.9. The van der Waals surface area contributed by atoms with E-state index in [1.165, 1.54) is 12.1 Å². The van der Waals surface area contributed by atoms with Crippen LogP contribution in [0.5, 0.6) is 5.75 Å². The number of nitrogens with zero attached hydrogens (tertiary/aromatic N) is 2. The molecule has 0 saturated carbocycles. The van der Waals surface area contributed by atoms with Gasteiger partial charge in [0.1, 0.15) is 5.75 Å². The summed E-state index contributed by atoms with van der Waals surface area (Å²) in [7, 11) is 1.86. The molecule has 1 unspecified atom stereocenters. The number of morpholine rings is 1. The van der Waals surface area contributed by atoms with Gasteiger partial charge >= 0.3 is 6.36 Å². The Bertz CT molecular complexity index is 868. The third-order valence-electron chi connectivity index (χ3n) is 5.16. The molecule has 31 heavy (non-hydrogen) atoms. The zero-order chi connectivity index (χ0) is 22.4. The number of hydrogen-bond acceptors (Lipinski definition) is 5. The number of rotatable bonds is 7. The number of hydrogen-bond donors (Lipinski definition) is 1. The fourth-order valence-electron chi connectivity index (χ4n) is 3.35. The first-order chi connectivity index (χ1) is 14.7. The average molecular weight is 437 g/mol. The number of carbonyl (C=O) groups is 1. The summed E-state index contributed by atoms with van der Waals surface area (Å²) in [6.07, 6.45) is -4.75. The number of carbonyl (C=O) groups excluding carboxylic acids is 1. The summed E-state index contributed by atoms with van der Waals surface area (Å²) >= 11 is 0. The van der Waals surface area contributed by atoms with E-state index in [4.69, 9.17) is 4.74 Å². The van der Waals surface area contributed by atoms with Crippen LogP contribution in [0, 0.1) is 0 Å². The van der Waals surface area contributed by atoms with Crippen LogP contribution in [0.3, 0.4) is 0 Å². The molecule has 2 aromatic carbocycles. The van der Waals surface area contributed by atoms with Crippen LogP contribution in [-0.4, -0.2) is 56.6 Å². The van der Waals surface area contributed by atoms with Crippen molar-refractivity contribution in [2.45, 2.75) is 25.9 Å². The van der Waals surface area contributed by atoms with E-state index in [9.17, 15) is 18.0 Å². The van der Waals surface area contributed by atoms with Crippen molar-refractivity contribution >= 4 is 17.3 Å². The SMILES string of the molecule is CC(C(=O)Nc1ccc(OC(F)(F)F)cc1)N(C)Cc1ccccc1N1CCOCC1. The molecular formula is C22H26F3N3O3. The van der Waals surface area contributed by atoms with Crippen molar-refractivity contribution in [3.8, 4) is 5.75 Å². The first kappa shape index (κ1) is 22.9. The summed E-state index contributed by atoms with van der Waals surface area (Å²) in [5.41, 5.74) is 2.64. The molecule has 0 spiro atoms. The maximum atomic E-state index is 12.7. The fraction of sp³-hybridized carbons (Fsp3) is 0.409. The van der Waals surface area contributed by atoms with Crippen LogP contribution in [0.4, 0.5) is 24.5 Å². The Kier molecular flexibility index (Phi) is 7.40. The Morgan fingerprint density at radius 1 is 1.16 bits per heavy atom. The molecule has 1 heterocycles. The second-order valence-corrected chi connectivity index (χ2v) is 7.38. The Labute approximate surface area is 179 Å². The van der Waals surface area contributed by atoms with Gasteiger partial charge in [-0.25, -0.2) is 0 Å². The summed E-state index contributed by atoms with van der Waals surface area (Å²) in [6, 6.07) is 12.7. The van der Waals surface area contributed by atoms with E-state index in [-0.39, 0.29) is 11.7 Å². The van der Waals surface area contributed by atoms with Crippen molar-refractivity contribution in [3.63, 3.8) is 0 Å². The second kappa shape index (κ2) is 10.0. The van der Waals surface area contributed by atoms with Crippen molar-refractivity contribution < 1.29 is 27.4 Å². The van der Waals surface area contributed by atoms with E-state index in [1.54, 1.807) is 6.92 Å². The van der Waals surface area contributed by atoms with Crippen LogP contribution in [0.2, 0.25) is 0 Å². The van der Waals surface area contributed by atoms with E-state index in [0.29, 0.717) is 25.4 Å². The highest BCUT2D eigenvalue weighted by Crippen LogP contribution is 2.25. The minimum atomic E-state index is -4.75. The fourth-order valence-corrected chi connectivity index (χ4v) is 3.35. The van der Waals surface area contributed by atoms with Gasteiger partial charge in [-0.2, -0.15) is 0 Å². The summed E-state index contributed by atoms with van der Waals surface area (Å²) in [5, 5.41) is 2.73. The normalized spacial score (nSPS) is 15.6. The molecule has 0 aromatic heterocycles. The smallest absolute Gasteiger partial charge is 0.406 e. The molecule has 0 aliphatic carbocycles. The quantitative estimate of drug-likeness (QED) is 0.713. The van der Waals surface area contributed by atoms with Gasteiger partial charge in [-0.3, -0.25) is 9.69 Å². The number of amides is 1. The van der Waals surface area contributed by atoms with E-state index >= 15 is 0 Å². The Morgan fingerprint density at radius 3 is 2.45 bits per heavy atom. The average Bonchev–Trinajstić information content (AvgIpc) is 2.74. The Morgan fingerprint density at radius 2 is 1.81 bits per heavy atom. The molecule has 168 valence electrons. The molecular weight excluding hydrogens is 411 g/mol. The molecule has 1 N–H and O–H groups in total. The lowest BCUT2D eigenvalue weighted by atomic mass is 10.1. The van der Waals surface area contributed by atoms with Crippen LogP contribution < -0.4 is 15.0 Å². The first-order valence-corrected chi connectivity index (χ1v) is 10.0. The third kappa shape index (κ3) is 6.60. The lowest BCUT2D eigenvalue weighted by Crippen LogP contribution is -2.40. The van der Waals surface area contributed by atoms with Crippen molar-refractivity contribution in [1.82, 2.24) is 4.90 Å². The number of nitrogens with one attached hydrogen (secondary N) is 1. The standard InChI is InChI=1S/C22H26F3N3O3/c1-16(21(29)26-18-7-9-19(10-8-18)31-22(23,24)25)27(2)15-17-5-3-4-6-20(17)28-11-13-30-14-12-28/h3-10,16H,11-15H2,1-2H3,(H,26,29). The van der Waals surface area contributed by atoms with Gasteiger partial charge in [0, 0.05) is 31.0 Å². The zero-order valence-corrected chi connectivity index (χ0v) is 17.5. The summed E-state index contributed by atoms with van der Waals surface area (Å²) in [5.74, 6) is -0.591. The van der Waals surface area contributed by atoms with E-state index in [2.05, 4.69) is 21.0 Å². The molecule has 1 saturated heterocycles. The predicted molar refractivity (Wildman–Crippen MR) is 112 cm³/mol. The molecule has 0 radical (unpaired) electrons. The highest BCUT2D eigenvalue weighted by atomic mass is 19.4. The second-order valence-electron chi connectivity index (χ2n) is 7.38. The molecule has 2 aromatic rings. The number of likely N-dealkylation sites (N-methyl/N-ethyl adjacent to an activating group) is 1. The zero-order valence-electron chi connectivity index (χ0n) is 17.5. The van der Waals surface area contributed by atoms with E-state index in [1.807, 2.05) is 30.1 Å². The lowest BCUT2D eigenvalue weighted by Gasteiger charge is -2.32. The van der Waals surface area contributed by atoms with Crippen molar-refractivity contribution in [1.29, 1.82) is 0 Å².